The third-order valence-electron chi connectivity index (χ3n) is 2.62. The molecule has 118 valence electrons. The number of para-hydroxylation sites is 1. The Morgan fingerprint density at radius 3 is 2.68 bits per heavy atom. The number of hydrogen-bond acceptors (Lipinski definition) is 6. The Hall–Kier alpha value is -2.00. The van der Waals surface area contributed by atoms with Gasteiger partial charge in [0.25, 0.3) is 5.91 Å². The van der Waals surface area contributed by atoms with Crippen LogP contribution < -0.4 is 10.0 Å². The fourth-order valence-electron chi connectivity index (χ4n) is 1.75. The lowest BCUT2D eigenvalue weighted by atomic mass is 10.2. The summed E-state index contributed by atoms with van der Waals surface area (Å²) in [5.74, 6) is -0.439. The van der Waals surface area contributed by atoms with Crippen LogP contribution in [0.3, 0.4) is 0 Å². The molecule has 0 radical (unpaired) electrons. The summed E-state index contributed by atoms with van der Waals surface area (Å²) < 4.78 is 25.0. The van der Waals surface area contributed by atoms with Crippen molar-refractivity contribution in [2.45, 2.75) is 19.8 Å². The van der Waals surface area contributed by atoms with Crippen molar-refractivity contribution >= 4 is 38.1 Å². The molecule has 0 aliphatic heterocycles. The number of aryl methyl sites for hydroxylation is 1. The van der Waals surface area contributed by atoms with E-state index in [4.69, 9.17) is 0 Å². The Bertz CT molecular complexity index is 771. The predicted molar refractivity (Wildman–Crippen MR) is 86.8 cm³/mol. The first kappa shape index (κ1) is 16.4. The Balaban J connectivity index is 2.18. The van der Waals surface area contributed by atoms with Gasteiger partial charge >= 0.3 is 0 Å². The summed E-state index contributed by atoms with van der Waals surface area (Å²) in [6, 6.07) is 6.37. The van der Waals surface area contributed by atoms with Crippen LogP contribution in [0.5, 0.6) is 0 Å². The SMILES string of the molecule is CCCc1nnc(NC(=O)c2ccccc2NS(C)(=O)=O)s1. The molecule has 0 spiro atoms. The van der Waals surface area contributed by atoms with E-state index in [0.29, 0.717) is 5.13 Å². The van der Waals surface area contributed by atoms with Gasteiger partial charge in [-0.2, -0.15) is 0 Å². The molecule has 2 aromatic rings. The second kappa shape index (κ2) is 6.84. The normalized spacial score (nSPS) is 11.2. The number of anilines is 2. The Labute approximate surface area is 132 Å². The molecular formula is C13H16N4O3S2. The van der Waals surface area contributed by atoms with Crippen molar-refractivity contribution in [3.05, 3.63) is 34.8 Å². The molecule has 0 bridgehead atoms. The first-order chi connectivity index (χ1) is 10.4. The van der Waals surface area contributed by atoms with E-state index >= 15 is 0 Å². The molecule has 1 aromatic carbocycles. The van der Waals surface area contributed by atoms with Gasteiger partial charge in [-0.25, -0.2) is 8.42 Å². The first-order valence-electron chi connectivity index (χ1n) is 6.59. The van der Waals surface area contributed by atoms with Gasteiger partial charge in [0.05, 0.1) is 17.5 Å². The van der Waals surface area contributed by atoms with Crippen molar-refractivity contribution < 1.29 is 13.2 Å². The van der Waals surface area contributed by atoms with E-state index in [1.54, 1.807) is 12.1 Å². The molecule has 0 fully saturated rings. The fourth-order valence-corrected chi connectivity index (χ4v) is 3.17. The van der Waals surface area contributed by atoms with Crippen molar-refractivity contribution in [1.82, 2.24) is 10.2 Å². The van der Waals surface area contributed by atoms with Crippen molar-refractivity contribution in [2.75, 3.05) is 16.3 Å². The van der Waals surface area contributed by atoms with Gasteiger partial charge in [-0.3, -0.25) is 14.8 Å². The number of sulfonamides is 1. The highest BCUT2D eigenvalue weighted by atomic mass is 32.2. The van der Waals surface area contributed by atoms with Crippen LogP contribution in [-0.4, -0.2) is 30.8 Å². The summed E-state index contributed by atoms with van der Waals surface area (Å²) >= 11 is 1.31. The average molecular weight is 340 g/mol. The second-order valence-electron chi connectivity index (χ2n) is 4.62. The molecule has 2 rings (SSSR count). The second-order valence-corrected chi connectivity index (χ2v) is 7.44. The summed E-state index contributed by atoms with van der Waals surface area (Å²) in [4.78, 5) is 12.3. The number of hydrogen-bond donors (Lipinski definition) is 2. The number of nitrogens with one attached hydrogen (secondary N) is 2. The zero-order valence-electron chi connectivity index (χ0n) is 12.2. The maximum absolute atomic E-state index is 12.3. The lowest BCUT2D eigenvalue weighted by molar-refractivity contribution is 0.102. The number of amides is 1. The Kier molecular flexibility index (Phi) is 5.09. The molecule has 0 aliphatic carbocycles. The van der Waals surface area contributed by atoms with Gasteiger partial charge in [0.15, 0.2) is 0 Å². The monoisotopic (exact) mass is 340 g/mol. The zero-order valence-corrected chi connectivity index (χ0v) is 13.8. The van der Waals surface area contributed by atoms with Crippen molar-refractivity contribution in [3.63, 3.8) is 0 Å². The Morgan fingerprint density at radius 1 is 1.27 bits per heavy atom. The van der Waals surface area contributed by atoms with E-state index in [2.05, 4.69) is 20.2 Å². The molecule has 2 N–H and O–H groups in total. The number of rotatable bonds is 6. The van der Waals surface area contributed by atoms with E-state index in [1.807, 2.05) is 6.92 Å². The predicted octanol–water partition coefficient (Wildman–Crippen LogP) is 2.11. The summed E-state index contributed by atoms with van der Waals surface area (Å²) in [7, 11) is -3.46. The molecule has 1 amide bonds. The average Bonchev–Trinajstić information content (AvgIpc) is 2.85. The van der Waals surface area contributed by atoms with Crippen molar-refractivity contribution in [1.29, 1.82) is 0 Å². The first-order valence-corrected chi connectivity index (χ1v) is 9.30. The Morgan fingerprint density at radius 2 is 2.00 bits per heavy atom. The van der Waals surface area contributed by atoms with Gasteiger partial charge in [0.1, 0.15) is 5.01 Å². The van der Waals surface area contributed by atoms with Crippen LogP contribution in [0.1, 0.15) is 28.7 Å². The molecule has 0 saturated heterocycles. The molecule has 0 saturated carbocycles. The third kappa shape index (κ3) is 4.50. The summed E-state index contributed by atoms with van der Waals surface area (Å²) in [6.45, 7) is 2.03. The molecule has 1 heterocycles. The fraction of sp³-hybridized carbons (Fsp3) is 0.308. The van der Waals surface area contributed by atoms with Crippen LogP contribution in [0.4, 0.5) is 10.8 Å². The van der Waals surface area contributed by atoms with Crippen LogP contribution >= 0.6 is 11.3 Å². The minimum atomic E-state index is -3.46. The lowest BCUT2D eigenvalue weighted by Crippen LogP contribution is -2.17. The highest BCUT2D eigenvalue weighted by molar-refractivity contribution is 7.92. The molecule has 1 aromatic heterocycles. The van der Waals surface area contributed by atoms with Crippen molar-refractivity contribution in [3.8, 4) is 0 Å². The molecule has 22 heavy (non-hydrogen) atoms. The van der Waals surface area contributed by atoms with Gasteiger partial charge < -0.3 is 0 Å². The van der Waals surface area contributed by atoms with Crippen LogP contribution in [0.25, 0.3) is 0 Å². The van der Waals surface area contributed by atoms with Gasteiger partial charge in [0, 0.05) is 6.42 Å². The van der Waals surface area contributed by atoms with E-state index in [0.717, 1.165) is 24.1 Å². The minimum absolute atomic E-state index is 0.222. The van der Waals surface area contributed by atoms with Crippen LogP contribution in [0, 0.1) is 0 Å². The van der Waals surface area contributed by atoms with E-state index in [9.17, 15) is 13.2 Å². The third-order valence-corrected chi connectivity index (χ3v) is 4.11. The molecular weight excluding hydrogens is 324 g/mol. The standard InChI is InChI=1S/C13H16N4O3S2/c1-3-6-11-15-16-13(21-11)14-12(18)9-7-4-5-8-10(9)17-22(2,19)20/h4-5,7-8,17H,3,6H2,1-2H3,(H,14,16,18). The number of carbonyl (C=O) groups excluding carboxylic acids is 1. The maximum Gasteiger partial charge on any atom is 0.259 e. The maximum atomic E-state index is 12.3. The summed E-state index contributed by atoms with van der Waals surface area (Å²) in [5.41, 5.74) is 0.445. The number of aromatic nitrogens is 2. The highest BCUT2D eigenvalue weighted by Crippen LogP contribution is 2.21. The van der Waals surface area contributed by atoms with Gasteiger partial charge in [-0.1, -0.05) is 30.4 Å². The van der Waals surface area contributed by atoms with E-state index in [1.165, 1.54) is 23.5 Å². The van der Waals surface area contributed by atoms with E-state index < -0.39 is 15.9 Å². The summed E-state index contributed by atoms with van der Waals surface area (Å²) in [5, 5.41) is 11.8. The van der Waals surface area contributed by atoms with Crippen molar-refractivity contribution in [2.24, 2.45) is 0 Å². The number of benzene rings is 1. The van der Waals surface area contributed by atoms with Gasteiger partial charge in [-0.05, 0) is 18.6 Å². The smallest absolute Gasteiger partial charge is 0.259 e. The van der Waals surface area contributed by atoms with Crippen LogP contribution in [0.2, 0.25) is 0 Å². The molecule has 0 atom stereocenters. The number of carbonyl (C=O) groups is 1. The van der Waals surface area contributed by atoms with Gasteiger partial charge in [-0.15, -0.1) is 10.2 Å². The van der Waals surface area contributed by atoms with Gasteiger partial charge in [0.2, 0.25) is 15.2 Å². The molecule has 0 unspecified atom stereocenters. The zero-order chi connectivity index (χ0) is 16.2. The number of nitrogens with zero attached hydrogens (tertiary/aromatic N) is 2. The topological polar surface area (TPSA) is 101 Å². The molecule has 7 nitrogen and oxygen atoms in total. The largest absolute Gasteiger partial charge is 0.296 e. The quantitative estimate of drug-likeness (QED) is 0.839. The van der Waals surface area contributed by atoms with Crippen LogP contribution in [0.15, 0.2) is 24.3 Å². The molecule has 9 heteroatoms. The summed E-state index contributed by atoms with van der Waals surface area (Å²) in [6.07, 6.45) is 2.78. The van der Waals surface area contributed by atoms with Crippen LogP contribution in [-0.2, 0) is 16.4 Å². The highest BCUT2D eigenvalue weighted by Gasteiger charge is 2.15. The molecule has 0 aliphatic rings. The van der Waals surface area contributed by atoms with E-state index in [-0.39, 0.29) is 11.3 Å². The lowest BCUT2D eigenvalue weighted by Gasteiger charge is -2.09. The minimum Gasteiger partial charge on any atom is -0.296 e.